The van der Waals surface area contributed by atoms with Crippen molar-refractivity contribution in [1.29, 1.82) is 0 Å². The van der Waals surface area contributed by atoms with E-state index in [9.17, 15) is 9.18 Å². The zero-order valence-electron chi connectivity index (χ0n) is 13.4. The molecule has 1 heterocycles. The molecule has 0 radical (unpaired) electrons. The van der Waals surface area contributed by atoms with E-state index in [0.29, 0.717) is 13.0 Å². The molecule has 7 nitrogen and oxygen atoms in total. The molecule has 0 aliphatic rings. The summed E-state index contributed by atoms with van der Waals surface area (Å²) in [6, 6.07) is 11.7. The van der Waals surface area contributed by atoms with Crippen LogP contribution in [0.15, 0.2) is 48.7 Å². The monoisotopic (exact) mass is 348 g/mol. The van der Waals surface area contributed by atoms with Gasteiger partial charge in [0.1, 0.15) is 5.82 Å². The molecule has 1 aromatic carbocycles. The smallest absolute Gasteiger partial charge is 0.414 e. The molecule has 2 N–H and O–H groups in total. The minimum absolute atomic E-state index is 0.103. The maximum Gasteiger partial charge on any atom is 0.414 e. The van der Waals surface area contributed by atoms with Gasteiger partial charge in [-0.25, -0.2) is 14.0 Å². The molecule has 0 fully saturated rings. The normalized spacial score (nSPS) is 9.52. The molecule has 1 amide bonds. The SMILES string of the molecule is CN(CCc1ccccn1)C(=O)c1ccccc1F.O=C(O)C(=O)O. The van der Waals surface area contributed by atoms with Gasteiger partial charge in [0.2, 0.25) is 0 Å². The topological polar surface area (TPSA) is 108 Å². The van der Waals surface area contributed by atoms with Crippen LogP contribution in [-0.4, -0.2) is 51.5 Å². The molecule has 1 aromatic heterocycles. The summed E-state index contributed by atoms with van der Waals surface area (Å²) in [5.41, 5.74) is 1.02. The highest BCUT2D eigenvalue weighted by Gasteiger charge is 2.15. The van der Waals surface area contributed by atoms with E-state index < -0.39 is 17.8 Å². The van der Waals surface area contributed by atoms with Crippen LogP contribution in [0.1, 0.15) is 16.1 Å². The van der Waals surface area contributed by atoms with Crippen molar-refractivity contribution in [3.63, 3.8) is 0 Å². The first-order valence-electron chi connectivity index (χ1n) is 7.19. The van der Waals surface area contributed by atoms with Gasteiger partial charge in [-0.3, -0.25) is 9.78 Å². The van der Waals surface area contributed by atoms with Gasteiger partial charge in [-0.1, -0.05) is 18.2 Å². The number of benzene rings is 1. The lowest BCUT2D eigenvalue weighted by molar-refractivity contribution is -0.159. The van der Waals surface area contributed by atoms with Crippen LogP contribution in [0.4, 0.5) is 4.39 Å². The Hall–Kier alpha value is -3.29. The van der Waals surface area contributed by atoms with Crippen LogP contribution in [0.25, 0.3) is 0 Å². The van der Waals surface area contributed by atoms with Gasteiger partial charge in [-0.05, 0) is 24.3 Å². The highest BCUT2D eigenvalue weighted by atomic mass is 19.1. The van der Waals surface area contributed by atoms with Crippen molar-refractivity contribution in [2.24, 2.45) is 0 Å². The van der Waals surface area contributed by atoms with Crippen molar-refractivity contribution in [2.75, 3.05) is 13.6 Å². The fourth-order valence-electron chi connectivity index (χ4n) is 1.77. The molecule has 0 saturated carbocycles. The Kier molecular flexibility index (Phi) is 7.71. The molecule has 0 aliphatic heterocycles. The largest absolute Gasteiger partial charge is 0.473 e. The van der Waals surface area contributed by atoms with E-state index in [1.165, 1.54) is 17.0 Å². The summed E-state index contributed by atoms with van der Waals surface area (Å²) in [6.07, 6.45) is 2.37. The maximum absolute atomic E-state index is 13.5. The molecule has 2 rings (SSSR count). The van der Waals surface area contributed by atoms with Crippen LogP contribution in [0.2, 0.25) is 0 Å². The van der Waals surface area contributed by atoms with E-state index in [1.807, 2.05) is 18.2 Å². The predicted octanol–water partition coefficient (Wildman–Crippen LogP) is 1.69. The number of aliphatic carboxylic acids is 2. The fraction of sp³-hybridized carbons (Fsp3) is 0.176. The van der Waals surface area contributed by atoms with Gasteiger partial charge >= 0.3 is 11.9 Å². The molecule has 8 heteroatoms. The van der Waals surface area contributed by atoms with Crippen molar-refractivity contribution in [3.05, 3.63) is 65.7 Å². The molecule has 0 spiro atoms. The lowest BCUT2D eigenvalue weighted by Crippen LogP contribution is -2.29. The molecule has 2 aromatic rings. The van der Waals surface area contributed by atoms with Gasteiger partial charge < -0.3 is 15.1 Å². The second-order valence-electron chi connectivity index (χ2n) is 4.89. The Morgan fingerprint density at radius 1 is 1.04 bits per heavy atom. The molecule has 0 atom stereocenters. The second kappa shape index (κ2) is 9.76. The highest BCUT2D eigenvalue weighted by Crippen LogP contribution is 2.09. The quantitative estimate of drug-likeness (QED) is 0.814. The summed E-state index contributed by atoms with van der Waals surface area (Å²) in [4.78, 5) is 35.9. The summed E-state index contributed by atoms with van der Waals surface area (Å²) >= 11 is 0. The molecule has 0 aliphatic carbocycles. The van der Waals surface area contributed by atoms with Crippen molar-refractivity contribution in [3.8, 4) is 0 Å². The van der Waals surface area contributed by atoms with Gasteiger partial charge in [-0.2, -0.15) is 0 Å². The average Bonchev–Trinajstić information content (AvgIpc) is 2.61. The lowest BCUT2D eigenvalue weighted by Gasteiger charge is -2.17. The number of halogens is 1. The van der Waals surface area contributed by atoms with E-state index in [-0.39, 0.29) is 11.5 Å². The van der Waals surface area contributed by atoms with Crippen molar-refractivity contribution >= 4 is 17.8 Å². The van der Waals surface area contributed by atoms with Crippen molar-refractivity contribution in [1.82, 2.24) is 9.88 Å². The molecule has 0 unspecified atom stereocenters. The van der Waals surface area contributed by atoms with Gasteiger partial charge in [0.15, 0.2) is 0 Å². The number of carboxylic acid groups (broad SMARTS) is 2. The first-order chi connectivity index (χ1) is 11.8. The molecule has 132 valence electrons. The first kappa shape index (κ1) is 19.8. The van der Waals surface area contributed by atoms with Gasteiger partial charge in [0.05, 0.1) is 5.56 Å². The van der Waals surface area contributed by atoms with Crippen LogP contribution < -0.4 is 0 Å². The zero-order chi connectivity index (χ0) is 18.8. The second-order valence-corrected chi connectivity index (χ2v) is 4.89. The number of rotatable bonds is 4. The zero-order valence-corrected chi connectivity index (χ0v) is 13.4. The molecule has 0 saturated heterocycles. The van der Waals surface area contributed by atoms with Crippen LogP contribution >= 0.6 is 0 Å². The van der Waals surface area contributed by atoms with E-state index >= 15 is 0 Å². The number of aromatic nitrogens is 1. The first-order valence-corrected chi connectivity index (χ1v) is 7.19. The third-order valence-electron chi connectivity index (χ3n) is 3.06. The van der Waals surface area contributed by atoms with E-state index in [1.54, 1.807) is 25.4 Å². The Balaban J connectivity index is 0.000000450. The number of hydrogen-bond donors (Lipinski definition) is 2. The standard InChI is InChI=1S/C15H15FN2O.C2H2O4/c1-18(11-9-12-6-4-5-10-17-12)15(19)13-7-2-3-8-14(13)16;3-1(4)2(5)6/h2-8,10H,9,11H2,1H3;(H,3,4)(H,5,6). The Labute approximate surface area is 143 Å². The fourth-order valence-corrected chi connectivity index (χ4v) is 1.77. The van der Waals surface area contributed by atoms with Crippen LogP contribution in [-0.2, 0) is 16.0 Å². The summed E-state index contributed by atoms with van der Waals surface area (Å²) in [6.45, 7) is 0.504. The molecule has 25 heavy (non-hydrogen) atoms. The van der Waals surface area contributed by atoms with E-state index in [0.717, 1.165) is 5.69 Å². The third-order valence-corrected chi connectivity index (χ3v) is 3.06. The number of carbonyl (C=O) groups is 3. The third kappa shape index (κ3) is 6.78. The number of nitrogens with zero attached hydrogens (tertiary/aromatic N) is 2. The van der Waals surface area contributed by atoms with E-state index in [2.05, 4.69) is 4.98 Å². The maximum atomic E-state index is 13.5. The number of pyridine rings is 1. The number of carbonyl (C=O) groups excluding carboxylic acids is 1. The lowest BCUT2D eigenvalue weighted by atomic mass is 10.2. The van der Waals surface area contributed by atoms with E-state index in [4.69, 9.17) is 19.8 Å². The van der Waals surface area contributed by atoms with Gasteiger partial charge in [0.25, 0.3) is 5.91 Å². The average molecular weight is 348 g/mol. The summed E-state index contributed by atoms with van der Waals surface area (Å²) < 4.78 is 13.5. The van der Waals surface area contributed by atoms with Gasteiger partial charge in [-0.15, -0.1) is 0 Å². The molecular weight excluding hydrogens is 331 g/mol. The Bertz CT molecular complexity index is 725. The highest BCUT2D eigenvalue weighted by molar-refractivity contribution is 6.27. The predicted molar refractivity (Wildman–Crippen MR) is 86.6 cm³/mol. The minimum Gasteiger partial charge on any atom is -0.473 e. The summed E-state index contributed by atoms with van der Waals surface area (Å²) in [5, 5.41) is 14.8. The number of hydrogen-bond acceptors (Lipinski definition) is 4. The van der Waals surface area contributed by atoms with Crippen LogP contribution in [0.5, 0.6) is 0 Å². The number of carboxylic acids is 2. The Morgan fingerprint density at radius 3 is 2.16 bits per heavy atom. The minimum atomic E-state index is -1.82. The number of amides is 1. The van der Waals surface area contributed by atoms with Crippen molar-refractivity contribution < 1.29 is 29.0 Å². The summed E-state index contributed by atoms with van der Waals surface area (Å²) in [7, 11) is 1.66. The molecular formula is C17H17FN2O5. The number of likely N-dealkylation sites (N-methyl/N-ethyl adjacent to an activating group) is 1. The van der Waals surface area contributed by atoms with Crippen molar-refractivity contribution in [2.45, 2.75) is 6.42 Å². The molecule has 0 bridgehead atoms. The van der Waals surface area contributed by atoms with Gasteiger partial charge in [0, 0.05) is 31.9 Å². The summed E-state index contributed by atoms with van der Waals surface area (Å²) in [5.74, 6) is -4.45. The van der Waals surface area contributed by atoms with Crippen LogP contribution in [0.3, 0.4) is 0 Å². The van der Waals surface area contributed by atoms with Crippen LogP contribution in [0, 0.1) is 5.82 Å². The Morgan fingerprint density at radius 2 is 1.64 bits per heavy atom.